The fraction of sp³-hybridized carbons (Fsp3) is 0.167. The van der Waals surface area contributed by atoms with Gasteiger partial charge in [0.05, 0.1) is 5.56 Å². The van der Waals surface area contributed by atoms with Crippen molar-refractivity contribution in [3.05, 3.63) is 53.6 Å². The van der Waals surface area contributed by atoms with Gasteiger partial charge in [0, 0.05) is 15.9 Å². The number of benzene rings is 2. The van der Waals surface area contributed by atoms with Crippen LogP contribution in [0, 0.1) is 0 Å². The van der Waals surface area contributed by atoms with E-state index in [-0.39, 0.29) is 5.56 Å². The molecule has 0 fully saturated rings. The van der Waals surface area contributed by atoms with Crippen LogP contribution in [0.1, 0.15) is 11.1 Å². The minimum Gasteiger partial charge on any atom is -0.486 e. The molecule has 0 bridgehead atoms. The zero-order valence-corrected chi connectivity index (χ0v) is 14.1. The molecule has 2 aromatic rings. The highest BCUT2D eigenvalue weighted by molar-refractivity contribution is 7.99. The molecule has 3 rings (SSSR count). The predicted molar refractivity (Wildman–Crippen MR) is 89.7 cm³/mol. The minimum atomic E-state index is -4.60. The maximum atomic E-state index is 13.3. The van der Waals surface area contributed by atoms with Gasteiger partial charge < -0.3 is 14.6 Å². The first kappa shape index (κ1) is 18.2. The molecule has 8 heteroatoms. The summed E-state index contributed by atoms with van der Waals surface area (Å²) in [7, 11) is 0. The van der Waals surface area contributed by atoms with E-state index in [1.807, 2.05) is 0 Å². The van der Waals surface area contributed by atoms with Gasteiger partial charge in [-0.25, -0.2) is 4.79 Å². The third-order valence-corrected chi connectivity index (χ3v) is 4.46. The van der Waals surface area contributed by atoms with Crippen molar-refractivity contribution in [3.63, 3.8) is 0 Å². The first-order chi connectivity index (χ1) is 12.3. The van der Waals surface area contributed by atoms with E-state index < -0.39 is 17.7 Å². The number of carboxylic acid groups (broad SMARTS) is 1. The van der Waals surface area contributed by atoms with Crippen molar-refractivity contribution in [3.8, 4) is 11.5 Å². The van der Waals surface area contributed by atoms with Gasteiger partial charge in [0.15, 0.2) is 11.5 Å². The van der Waals surface area contributed by atoms with Gasteiger partial charge in [0.1, 0.15) is 13.2 Å². The van der Waals surface area contributed by atoms with E-state index >= 15 is 0 Å². The number of alkyl halides is 3. The van der Waals surface area contributed by atoms with Gasteiger partial charge in [-0.2, -0.15) is 13.2 Å². The molecule has 1 aliphatic heterocycles. The molecule has 0 spiro atoms. The Morgan fingerprint density at radius 2 is 1.69 bits per heavy atom. The molecule has 1 aliphatic rings. The fourth-order valence-corrected chi connectivity index (χ4v) is 3.26. The van der Waals surface area contributed by atoms with Crippen LogP contribution in [0.3, 0.4) is 0 Å². The van der Waals surface area contributed by atoms with Crippen LogP contribution < -0.4 is 9.47 Å². The van der Waals surface area contributed by atoms with Crippen LogP contribution in [-0.2, 0) is 11.0 Å². The molecule has 4 nitrogen and oxygen atoms in total. The lowest BCUT2D eigenvalue weighted by molar-refractivity contribution is -0.138. The van der Waals surface area contributed by atoms with Crippen LogP contribution in [0.5, 0.6) is 11.5 Å². The van der Waals surface area contributed by atoms with E-state index in [9.17, 15) is 18.0 Å². The topological polar surface area (TPSA) is 55.8 Å². The summed E-state index contributed by atoms with van der Waals surface area (Å²) in [5.74, 6) is -0.156. The Labute approximate surface area is 151 Å². The highest BCUT2D eigenvalue weighted by Gasteiger charge is 2.33. The minimum absolute atomic E-state index is 0.202. The number of hydrogen-bond acceptors (Lipinski definition) is 4. The molecule has 26 heavy (non-hydrogen) atoms. The summed E-state index contributed by atoms with van der Waals surface area (Å²) in [6, 6.07) is 8.93. The molecule has 1 N–H and O–H groups in total. The van der Waals surface area contributed by atoms with Crippen molar-refractivity contribution in [1.82, 2.24) is 0 Å². The molecule has 0 saturated carbocycles. The number of halogens is 3. The lowest BCUT2D eigenvalue weighted by atomic mass is 10.1. The maximum absolute atomic E-state index is 13.3. The molecule has 0 aromatic heterocycles. The molecule has 136 valence electrons. The van der Waals surface area contributed by atoms with Gasteiger partial charge >= 0.3 is 12.1 Å². The number of fused-ring (bicyclic) bond motifs is 1. The van der Waals surface area contributed by atoms with Crippen LogP contribution in [0.15, 0.2) is 52.3 Å². The summed E-state index contributed by atoms with van der Waals surface area (Å²) in [5, 5.41) is 8.62. The average Bonchev–Trinajstić information content (AvgIpc) is 2.59. The first-order valence-corrected chi connectivity index (χ1v) is 8.34. The molecule has 1 heterocycles. The monoisotopic (exact) mass is 382 g/mol. The van der Waals surface area contributed by atoms with Crippen molar-refractivity contribution in [1.29, 1.82) is 0 Å². The second-order valence-corrected chi connectivity index (χ2v) is 6.47. The molecule has 0 atom stereocenters. The van der Waals surface area contributed by atoms with E-state index in [1.165, 1.54) is 12.1 Å². The molecule has 0 unspecified atom stereocenters. The zero-order chi connectivity index (χ0) is 18.7. The Morgan fingerprint density at radius 3 is 2.38 bits per heavy atom. The third-order valence-electron chi connectivity index (χ3n) is 3.48. The Balaban J connectivity index is 1.90. The van der Waals surface area contributed by atoms with E-state index in [1.54, 1.807) is 18.2 Å². The van der Waals surface area contributed by atoms with Gasteiger partial charge in [-0.1, -0.05) is 17.8 Å². The maximum Gasteiger partial charge on any atom is 0.417 e. The van der Waals surface area contributed by atoms with Crippen LogP contribution in [0.4, 0.5) is 13.2 Å². The summed E-state index contributed by atoms with van der Waals surface area (Å²) in [6.45, 7) is 0.879. The smallest absolute Gasteiger partial charge is 0.417 e. The standard InChI is InChI=1S/C18H13F3O4S/c19-18(20,21)14-9-12(3-1-11(14)2-6-17(22)23)26-13-4-5-15-16(10-13)25-8-7-24-15/h1-6,9-10H,7-8H2,(H,22,23). The van der Waals surface area contributed by atoms with Crippen LogP contribution in [0.2, 0.25) is 0 Å². The van der Waals surface area contributed by atoms with Gasteiger partial charge in [0.2, 0.25) is 0 Å². The second kappa shape index (κ2) is 7.33. The quantitative estimate of drug-likeness (QED) is 0.775. The van der Waals surface area contributed by atoms with E-state index in [0.29, 0.717) is 40.6 Å². The third kappa shape index (κ3) is 4.32. The molecule has 0 aliphatic carbocycles. The van der Waals surface area contributed by atoms with Crippen molar-refractivity contribution in [2.75, 3.05) is 13.2 Å². The Morgan fingerprint density at radius 1 is 1.04 bits per heavy atom. The van der Waals surface area contributed by atoms with Crippen LogP contribution in [-0.4, -0.2) is 24.3 Å². The number of carboxylic acids is 1. The number of aliphatic carboxylic acids is 1. The molecular weight excluding hydrogens is 369 g/mol. The number of hydrogen-bond donors (Lipinski definition) is 1. The Kier molecular flexibility index (Phi) is 5.13. The normalized spacial score (nSPS) is 13.8. The zero-order valence-electron chi connectivity index (χ0n) is 13.2. The summed E-state index contributed by atoms with van der Waals surface area (Å²) in [5.41, 5.74) is -1.09. The van der Waals surface area contributed by atoms with E-state index in [0.717, 1.165) is 23.9 Å². The summed E-state index contributed by atoms with van der Waals surface area (Å²) >= 11 is 1.15. The van der Waals surface area contributed by atoms with Crippen molar-refractivity contribution < 1.29 is 32.5 Å². The summed E-state index contributed by atoms with van der Waals surface area (Å²) in [4.78, 5) is 11.6. The van der Waals surface area contributed by atoms with E-state index in [4.69, 9.17) is 14.6 Å². The summed E-state index contributed by atoms with van der Waals surface area (Å²) in [6.07, 6.45) is -2.98. The molecule has 0 radical (unpaired) electrons. The fourth-order valence-electron chi connectivity index (χ4n) is 2.37. The summed E-state index contributed by atoms with van der Waals surface area (Å²) < 4.78 is 50.8. The Bertz CT molecular complexity index is 862. The lowest BCUT2D eigenvalue weighted by Gasteiger charge is -2.19. The number of carbonyl (C=O) groups is 1. The van der Waals surface area contributed by atoms with Crippen molar-refractivity contribution >= 4 is 23.8 Å². The number of rotatable bonds is 4. The van der Waals surface area contributed by atoms with Crippen molar-refractivity contribution in [2.45, 2.75) is 16.0 Å². The molecular formula is C18H13F3O4S. The van der Waals surface area contributed by atoms with Crippen LogP contribution in [0.25, 0.3) is 6.08 Å². The SMILES string of the molecule is O=C(O)C=Cc1ccc(Sc2ccc3c(c2)OCCO3)cc1C(F)(F)F. The highest BCUT2D eigenvalue weighted by Crippen LogP contribution is 2.40. The van der Waals surface area contributed by atoms with Gasteiger partial charge in [-0.15, -0.1) is 0 Å². The molecule has 2 aromatic carbocycles. The molecule has 0 saturated heterocycles. The molecule has 0 amide bonds. The average molecular weight is 382 g/mol. The van der Waals surface area contributed by atoms with Gasteiger partial charge in [-0.05, 0) is 42.0 Å². The van der Waals surface area contributed by atoms with Crippen LogP contribution >= 0.6 is 11.8 Å². The predicted octanol–water partition coefficient (Wildman–Crippen LogP) is 4.73. The highest BCUT2D eigenvalue weighted by atomic mass is 32.2. The van der Waals surface area contributed by atoms with Crippen molar-refractivity contribution in [2.24, 2.45) is 0 Å². The second-order valence-electron chi connectivity index (χ2n) is 5.33. The van der Waals surface area contributed by atoms with Gasteiger partial charge in [-0.3, -0.25) is 0 Å². The first-order valence-electron chi connectivity index (χ1n) is 7.53. The Hall–Kier alpha value is -2.61. The number of ether oxygens (including phenoxy) is 2. The van der Waals surface area contributed by atoms with Gasteiger partial charge in [0.25, 0.3) is 0 Å². The lowest BCUT2D eigenvalue weighted by Crippen LogP contribution is -2.15. The van der Waals surface area contributed by atoms with E-state index in [2.05, 4.69) is 0 Å². The largest absolute Gasteiger partial charge is 0.486 e.